The topological polar surface area (TPSA) is 71.0 Å². The van der Waals surface area contributed by atoms with E-state index in [1.54, 1.807) is 6.20 Å². The van der Waals surface area contributed by atoms with Crippen LogP contribution in [-0.4, -0.2) is 38.5 Å². The van der Waals surface area contributed by atoms with Gasteiger partial charge in [0.1, 0.15) is 15.8 Å². The summed E-state index contributed by atoms with van der Waals surface area (Å²) in [5.74, 6) is 0.691. The van der Waals surface area contributed by atoms with Crippen molar-refractivity contribution in [3.05, 3.63) is 33.9 Å². The van der Waals surface area contributed by atoms with E-state index in [9.17, 15) is 4.79 Å². The molecule has 0 radical (unpaired) electrons. The first-order valence-corrected chi connectivity index (χ1v) is 8.69. The number of aryl methyl sites for hydroxylation is 1. The van der Waals surface area contributed by atoms with Crippen molar-refractivity contribution in [1.82, 2.24) is 19.5 Å². The normalized spacial score (nSPS) is 16.4. The second-order valence-electron chi connectivity index (χ2n) is 5.75. The molecule has 0 spiro atoms. The van der Waals surface area contributed by atoms with E-state index in [0.29, 0.717) is 16.7 Å². The van der Waals surface area contributed by atoms with Crippen molar-refractivity contribution in [3.8, 4) is 0 Å². The summed E-state index contributed by atoms with van der Waals surface area (Å²) in [6, 6.07) is 3.77. The summed E-state index contributed by atoms with van der Waals surface area (Å²) in [5.41, 5.74) is 1.90. The number of halogens is 1. The molecule has 0 aromatic carbocycles. The molecule has 0 atom stereocenters. The third-order valence-electron chi connectivity index (χ3n) is 4.00. The van der Waals surface area contributed by atoms with Crippen LogP contribution in [0.5, 0.6) is 0 Å². The minimum absolute atomic E-state index is 0.0263. The standard InChI is InChI=1S/C15H18ClN5OS/c1-10-2-3-13(17-8-10)18-15(22)11-4-6-21(7-5-11)9-12-14(16)23-20-19-12/h2-3,8,11H,4-7,9H2,1H3,(H,17,18,22). The summed E-state index contributed by atoms with van der Waals surface area (Å²) in [7, 11) is 0. The number of nitrogens with one attached hydrogen (secondary N) is 1. The Morgan fingerprint density at radius 3 is 2.83 bits per heavy atom. The monoisotopic (exact) mass is 351 g/mol. The van der Waals surface area contributed by atoms with Crippen LogP contribution >= 0.6 is 23.1 Å². The number of aromatic nitrogens is 3. The lowest BCUT2D eigenvalue weighted by molar-refractivity contribution is -0.121. The van der Waals surface area contributed by atoms with Gasteiger partial charge in [-0.1, -0.05) is 22.2 Å². The van der Waals surface area contributed by atoms with Crippen molar-refractivity contribution >= 4 is 34.9 Å². The van der Waals surface area contributed by atoms with Crippen LogP contribution in [0.4, 0.5) is 5.82 Å². The van der Waals surface area contributed by atoms with Crippen LogP contribution < -0.4 is 5.32 Å². The Balaban J connectivity index is 1.49. The Morgan fingerprint density at radius 1 is 1.43 bits per heavy atom. The third-order valence-corrected chi connectivity index (χ3v) is 4.99. The molecule has 1 N–H and O–H groups in total. The Morgan fingerprint density at radius 2 is 2.22 bits per heavy atom. The Hall–Kier alpha value is -1.57. The highest BCUT2D eigenvalue weighted by atomic mass is 35.5. The lowest BCUT2D eigenvalue weighted by atomic mass is 9.96. The Kier molecular flexibility index (Phi) is 5.20. The van der Waals surface area contributed by atoms with E-state index < -0.39 is 0 Å². The summed E-state index contributed by atoms with van der Waals surface area (Å²) in [6.45, 7) is 4.38. The van der Waals surface area contributed by atoms with E-state index in [2.05, 4.69) is 24.8 Å². The highest BCUT2D eigenvalue weighted by molar-refractivity contribution is 7.10. The van der Waals surface area contributed by atoms with Crippen LogP contribution in [0, 0.1) is 12.8 Å². The summed E-state index contributed by atoms with van der Waals surface area (Å²) >= 11 is 7.24. The fourth-order valence-corrected chi connectivity index (χ4v) is 3.24. The molecule has 0 saturated carbocycles. The van der Waals surface area contributed by atoms with E-state index in [1.807, 2.05) is 19.1 Å². The molecule has 6 nitrogen and oxygen atoms in total. The summed E-state index contributed by atoms with van der Waals surface area (Å²) in [4.78, 5) is 18.8. The van der Waals surface area contributed by atoms with Gasteiger partial charge in [0, 0.05) is 30.2 Å². The molecule has 2 aromatic rings. The first-order valence-electron chi connectivity index (χ1n) is 7.54. The number of amides is 1. The zero-order valence-corrected chi connectivity index (χ0v) is 14.4. The van der Waals surface area contributed by atoms with E-state index >= 15 is 0 Å². The second kappa shape index (κ2) is 7.33. The molecular formula is C15H18ClN5OS. The quantitative estimate of drug-likeness (QED) is 0.917. The number of hydrogen-bond acceptors (Lipinski definition) is 6. The molecule has 1 saturated heterocycles. The third kappa shape index (κ3) is 4.25. The van der Waals surface area contributed by atoms with E-state index in [-0.39, 0.29) is 11.8 Å². The number of pyridine rings is 1. The Labute approximate surface area is 144 Å². The van der Waals surface area contributed by atoms with Gasteiger partial charge in [0.2, 0.25) is 5.91 Å². The van der Waals surface area contributed by atoms with Crippen molar-refractivity contribution < 1.29 is 4.79 Å². The molecule has 1 amide bonds. The first kappa shape index (κ1) is 16.3. The molecule has 0 aliphatic carbocycles. The van der Waals surface area contributed by atoms with Crippen molar-refractivity contribution in [3.63, 3.8) is 0 Å². The van der Waals surface area contributed by atoms with Crippen molar-refractivity contribution in [2.45, 2.75) is 26.3 Å². The predicted octanol–water partition coefficient (Wildman–Crippen LogP) is 2.75. The maximum Gasteiger partial charge on any atom is 0.228 e. The molecule has 3 heterocycles. The van der Waals surface area contributed by atoms with Gasteiger partial charge >= 0.3 is 0 Å². The van der Waals surface area contributed by atoms with Gasteiger partial charge in [-0.25, -0.2) is 4.98 Å². The average molecular weight is 352 g/mol. The lowest BCUT2D eigenvalue weighted by Crippen LogP contribution is -2.38. The smallest absolute Gasteiger partial charge is 0.228 e. The number of likely N-dealkylation sites (tertiary alicyclic amines) is 1. The zero-order valence-electron chi connectivity index (χ0n) is 12.8. The van der Waals surface area contributed by atoms with Crippen LogP contribution in [0.3, 0.4) is 0 Å². The van der Waals surface area contributed by atoms with Crippen LogP contribution in [0.1, 0.15) is 24.1 Å². The van der Waals surface area contributed by atoms with Crippen LogP contribution in [-0.2, 0) is 11.3 Å². The summed E-state index contributed by atoms with van der Waals surface area (Å²) in [5, 5.41) is 6.93. The number of rotatable bonds is 4. The zero-order chi connectivity index (χ0) is 16.2. The van der Waals surface area contributed by atoms with Crippen molar-refractivity contribution in [1.29, 1.82) is 0 Å². The number of anilines is 1. The molecule has 23 heavy (non-hydrogen) atoms. The highest BCUT2D eigenvalue weighted by Gasteiger charge is 2.26. The number of carbonyl (C=O) groups excluding carboxylic acids is 1. The van der Waals surface area contributed by atoms with E-state index in [4.69, 9.17) is 11.6 Å². The molecule has 3 rings (SSSR count). The SMILES string of the molecule is Cc1ccc(NC(=O)C2CCN(Cc3nnsc3Cl)CC2)nc1. The van der Waals surface area contributed by atoms with Gasteiger partial charge in [-0.3, -0.25) is 9.69 Å². The van der Waals surface area contributed by atoms with Crippen molar-refractivity contribution in [2.24, 2.45) is 5.92 Å². The van der Waals surface area contributed by atoms with Crippen LogP contribution in [0.25, 0.3) is 0 Å². The van der Waals surface area contributed by atoms with Gasteiger partial charge in [-0.05, 0) is 44.5 Å². The fourth-order valence-electron chi connectivity index (χ4n) is 2.63. The Bertz CT molecular complexity index is 667. The molecule has 122 valence electrons. The largest absolute Gasteiger partial charge is 0.310 e. The molecule has 0 unspecified atom stereocenters. The highest BCUT2D eigenvalue weighted by Crippen LogP contribution is 2.23. The number of piperidine rings is 1. The maximum absolute atomic E-state index is 12.3. The number of carbonyl (C=O) groups is 1. The van der Waals surface area contributed by atoms with Gasteiger partial charge in [0.25, 0.3) is 0 Å². The van der Waals surface area contributed by atoms with Gasteiger partial charge < -0.3 is 5.32 Å². The molecule has 1 aliphatic rings. The molecule has 0 bridgehead atoms. The lowest BCUT2D eigenvalue weighted by Gasteiger charge is -2.30. The molecule has 2 aromatic heterocycles. The molecule has 1 aliphatic heterocycles. The fraction of sp³-hybridized carbons (Fsp3) is 0.467. The maximum atomic E-state index is 12.3. The second-order valence-corrected chi connectivity index (χ2v) is 7.11. The van der Waals surface area contributed by atoms with Crippen LogP contribution in [0.15, 0.2) is 18.3 Å². The first-order chi connectivity index (χ1) is 11.1. The van der Waals surface area contributed by atoms with E-state index in [1.165, 1.54) is 11.5 Å². The van der Waals surface area contributed by atoms with Gasteiger partial charge in [-0.15, -0.1) is 5.10 Å². The van der Waals surface area contributed by atoms with E-state index in [0.717, 1.165) is 37.2 Å². The molecular weight excluding hydrogens is 334 g/mol. The number of hydrogen-bond donors (Lipinski definition) is 1. The molecule has 8 heteroatoms. The molecule has 1 fully saturated rings. The van der Waals surface area contributed by atoms with Gasteiger partial charge in [0.05, 0.1) is 0 Å². The summed E-state index contributed by atoms with van der Waals surface area (Å²) < 4.78 is 4.49. The summed E-state index contributed by atoms with van der Waals surface area (Å²) in [6.07, 6.45) is 3.41. The minimum Gasteiger partial charge on any atom is -0.310 e. The van der Waals surface area contributed by atoms with Crippen molar-refractivity contribution in [2.75, 3.05) is 18.4 Å². The van der Waals surface area contributed by atoms with Gasteiger partial charge in [0.15, 0.2) is 0 Å². The average Bonchev–Trinajstić information content (AvgIpc) is 2.95. The number of nitrogens with zero attached hydrogens (tertiary/aromatic N) is 4. The van der Waals surface area contributed by atoms with Crippen LogP contribution in [0.2, 0.25) is 4.34 Å². The van der Waals surface area contributed by atoms with Gasteiger partial charge in [-0.2, -0.15) is 0 Å². The minimum atomic E-state index is 0.0263. The predicted molar refractivity (Wildman–Crippen MR) is 90.5 cm³/mol.